The topological polar surface area (TPSA) is 116 Å². The summed E-state index contributed by atoms with van der Waals surface area (Å²) in [5.74, 6) is 0.436. The summed E-state index contributed by atoms with van der Waals surface area (Å²) in [6.45, 7) is 1.85. The Labute approximate surface area is 157 Å². The number of hydrogen-bond acceptors (Lipinski definition) is 8. The van der Waals surface area contributed by atoms with Crippen molar-refractivity contribution in [3.8, 4) is 5.75 Å². The quantitative estimate of drug-likeness (QED) is 0.300. The number of anilines is 1. The van der Waals surface area contributed by atoms with Gasteiger partial charge in [-0.1, -0.05) is 0 Å². The van der Waals surface area contributed by atoms with E-state index < -0.39 is 10.9 Å². The Kier molecular flexibility index (Phi) is 7.03. The summed E-state index contributed by atoms with van der Waals surface area (Å²) in [6.07, 6.45) is 2.69. The van der Waals surface area contributed by atoms with Crippen molar-refractivity contribution in [3.63, 3.8) is 0 Å². The number of esters is 1. The van der Waals surface area contributed by atoms with Crippen LogP contribution in [0.2, 0.25) is 0 Å². The molecule has 0 aliphatic rings. The second kappa shape index (κ2) is 9.47. The van der Waals surface area contributed by atoms with E-state index in [0.29, 0.717) is 22.6 Å². The van der Waals surface area contributed by atoms with Gasteiger partial charge in [0.25, 0.3) is 5.69 Å². The molecule has 0 aliphatic heterocycles. The molecule has 1 aromatic carbocycles. The number of nitrogens with zero attached hydrogens (tertiary/aromatic N) is 3. The lowest BCUT2D eigenvalue weighted by molar-refractivity contribution is -0.385. The number of carbonyl (C=O) groups is 1. The van der Waals surface area contributed by atoms with Gasteiger partial charge in [0.15, 0.2) is 6.61 Å². The van der Waals surface area contributed by atoms with Crippen LogP contribution in [0, 0.1) is 10.1 Å². The number of halogens is 1. The van der Waals surface area contributed by atoms with Gasteiger partial charge in [-0.05, 0) is 52.7 Å². The lowest BCUT2D eigenvalue weighted by Gasteiger charge is -2.08. The summed E-state index contributed by atoms with van der Waals surface area (Å²) < 4.78 is 10.8. The molecule has 0 bridgehead atoms. The van der Waals surface area contributed by atoms with Crippen LogP contribution in [0.4, 0.5) is 11.5 Å². The van der Waals surface area contributed by atoms with E-state index in [9.17, 15) is 14.9 Å². The van der Waals surface area contributed by atoms with Crippen LogP contribution < -0.4 is 10.2 Å². The van der Waals surface area contributed by atoms with Crippen LogP contribution in [0.25, 0.3) is 0 Å². The van der Waals surface area contributed by atoms with Gasteiger partial charge in [0.1, 0.15) is 17.8 Å². The number of nitro groups is 1. The average molecular weight is 423 g/mol. The third kappa shape index (κ3) is 5.81. The van der Waals surface area contributed by atoms with E-state index in [2.05, 4.69) is 31.4 Å². The van der Waals surface area contributed by atoms with Gasteiger partial charge in [-0.25, -0.2) is 9.78 Å². The Balaban J connectivity index is 1.92. The SMILES string of the molecule is CCOC(=O)COc1ccc(C=NNc2ccc([N+](=O)[O-])cn2)cc1Br. The third-order valence-electron chi connectivity index (χ3n) is 2.96. The van der Waals surface area contributed by atoms with Gasteiger partial charge in [-0.15, -0.1) is 0 Å². The van der Waals surface area contributed by atoms with Crippen molar-refractivity contribution in [1.82, 2.24) is 4.98 Å². The van der Waals surface area contributed by atoms with Gasteiger partial charge in [0.05, 0.1) is 22.2 Å². The third-order valence-corrected chi connectivity index (χ3v) is 3.58. The number of hydrogen-bond donors (Lipinski definition) is 1. The fourth-order valence-corrected chi connectivity index (χ4v) is 2.30. The lowest BCUT2D eigenvalue weighted by atomic mass is 10.2. The predicted molar refractivity (Wildman–Crippen MR) is 98.4 cm³/mol. The van der Waals surface area contributed by atoms with Crippen molar-refractivity contribution in [2.45, 2.75) is 6.92 Å². The molecule has 1 heterocycles. The van der Waals surface area contributed by atoms with Crippen LogP contribution in [0.5, 0.6) is 5.75 Å². The summed E-state index contributed by atoms with van der Waals surface area (Å²) in [5.41, 5.74) is 3.34. The van der Waals surface area contributed by atoms with Crippen molar-refractivity contribution in [2.75, 3.05) is 18.6 Å². The zero-order chi connectivity index (χ0) is 18.9. The first-order chi connectivity index (χ1) is 12.5. The van der Waals surface area contributed by atoms with E-state index >= 15 is 0 Å². The van der Waals surface area contributed by atoms with E-state index in [1.807, 2.05) is 0 Å². The van der Waals surface area contributed by atoms with Crippen molar-refractivity contribution >= 4 is 39.6 Å². The Morgan fingerprint density at radius 1 is 1.42 bits per heavy atom. The Morgan fingerprint density at radius 2 is 2.23 bits per heavy atom. The van der Waals surface area contributed by atoms with Crippen LogP contribution in [0.3, 0.4) is 0 Å². The summed E-state index contributed by atoms with van der Waals surface area (Å²) >= 11 is 3.36. The van der Waals surface area contributed by atoms with E-state index in [1.165, 1.54) is 12.1 Å². The van der Waals surface area contributed by atoms with Crippen molar-refractivity contribution in [1.29, 1.82) is 0 Å². The molecular formula is C16H15BrN4O5. The van der Waals surface area contributed by atoms with Gasteiger partial charge in [0.2, 0.25) is 0 Å². The van der Waals surface area contributed by atoms with E-state index in [-0.39, 0.29) is 12.3 Å². The molecule has 136 valence electrons. The maximum Gasteiger partial charge on any atom is 0.344 e. The van der Waals surface area contributed by atoms with Crippen molar-refractivity contribution in [2.24, 2.45) is 5.10 Å². The average Bonchev–Trinajstić information content (AvgIpc) is 2.61. The van der Waals surface area contributed by atoms with Gasteiger partial charge in [0, 0.05) is 6.07 Å². The van der Waals surface area contributed by atoms with Crippen LogP contribution in [-0.2, 0) is 9.53 Å². The molecule has 1 aromatic heterocycles. The van der Waals surface area contributed by atoms with Gasteiger partial charge in [-0.3, -0.25) is 15.5 Å². The summed E-state index contributed by atoms with van der Waals surface area (Å²) in [5, 5.41) is 14.6. The number of pyridine rings is 1. The maximum atomic E-state index is 11.3. The molecular weight excluding hydrogens is 408 g/mol. The zero-order valence-electron chi connectivity index (χ0n) is 13.7. The predicted octanol–water partition coefficient (Wildman–Crippen LogP) is 3.14. The van der Waals surface area contributed by atoms with E-state index in [1.54, 1.807) is 31.3 Å². The molecule has 0 radical (unpaired) electrons. The molecule has 0 aliphatic carbocycles. The summed E-state index contributed by atoms with van der Waals surface area (Å²) in [6, 6.07) is 7.98. The number of nitrogens with one attached hydrogen (secondary N) is 1. The highest BCUT2D eigenvalue weighted by Crippen LogP contribution is 2.25. The fourth-order valence-electron chi connectivity index (χ4n) is 1.79. The molecule has 1 N–H and O–H groups in total. The monoisotopic (exact) mass is 422 g/mol. The molecule has 10 heteroatoms. The molecule has 9 nitrogen and oxygen atoms in total. The minimum absolute atomic E-state index is 0.0955. The van der Waals surface area contributed by atoms with Crippen LogP contribution >= 0.6 is 15.9 Å². The molecule has 0 saturated heterocycles. The van der Waals surface area contributed by atoms with Crippen LogP contribution in [0.15, 0.2) is 46.1 Å². The molecule has 0 saturated carbocycles. The maximum absolute atomic E-state index is 11.3. The number of carbonyl (C=O) groups excluding carboxylic acids is 1. The molecule has 0 amide bonds. The highest BCUT2D eigenvalue weighted by molar-refractivity contribution is 9.10. The second-order valence-corrected chi connectivity index (χ2v) is 5.67. The number of benzene rings is 1. The first-order valence-electron chi connectivity index (χ1n) is 7.47. The highest BCUT2D eigenvalue weighted by Gasteiger charge is 2.07. The molecule has 0 spiro atoms. The largest absolute Gasteiger partial charge is 0.481 e. The smallest absolute Gasteiger partial charge is 0.344 e. The van der Waals surface area contributed by atoms with Crippen LogP contribution in [0.1, 0.15) is 12.5 Å². The summed E-state index contributed by atoms with van der Waals surface area (Å²) in [4.78, 5) is 25.2. The van der Waals surface area contributed by atoms with Crippen molar-refractivity contribution in [3.05, 3.63) is 56.7 Å². The number of aromatic nitrogens is 1. The van der Waals surface area contributed by atoms with Crippen molar-refractivity contribution < 1.29 is 19.2 Å². The lowest BCUT2D eigenvalue weighted by Crippen LogP contribution is -2.14. The molecule has 2 rings (SSSR count). The number of hydrazone groups is 1. The zero-order valence-corrected chi connectivity index (χ0v) is 15.3. The first-order valence-corrected chi connectivity index (χ1v) is 8.26. The fraction of sp³-hybridized carbons (Fsp3) is 0.188. The van der Waals surface area contributed by atoms with Gasteiger partial charge in [-0.2, -0.15) is 5.10 Å². The van der Waals surface area contributed by atoms with Gasteiger partial charge < -0.3 is 9.47 Å². The Morgan fingerprint density at radius 3 is 2.85 bits per heavy atom. The Bertz CT molecular complexity index is 811. The molecule has 0 unspecified atom stereocenters. The van der Waals surface area contributed by atoms with E-state index in [0.717, 1.165) is 11.8 Å². The normalized spacial score (nSPS) is 10.5. The van der Waals surface area contributed by atoms with Crippen LogP contribution in [-0.4, -0.2) is 35.3 Å². The second-order valence-electron chi connectivity index (χ2n) is 4.81. The standard InChI is InChI=1S/C16H15BrN4O5/c1-2-25-16(22)10-26-14-5-3-11(7-13(14)17)8-19-20-15-6-4-12(9-18-15)21(23)24/h3-9H,2,10H2,1H3,(H,18,20). The van der Waals surface area contributed by atoms with Gasteiger partial charge >= 0.3 is 5.97 Å². The molecule has 0 atom stereocenters. The molecule has 26 heavy (non-hydrogen) atoms. The number of ether oxygens (including phenoxy) is 2. The highest BCUT2D eigenvalue weighted by atomic mass is 79.9. The number of rotatable bonds is 8. The molecule has 0 fully saturated rings. The first kappa shape index (κ1) is 19.3. The molecule has 2 aromatic rings. The minimum atomic E-state index is -0.525. The minimum Gasteiger partial charge on any atom is -0.481 e. The Hall–Kier alpha value is -3.01. The summed E-state index contributed by atoms with van der Waals surface area (Å²) in [7, 11) is 0. The van der Waals surface area contributed by atoms with E-state index in [4.69, 9.17) is 9.47 Å².